The molecule has 0 fully saturated rings. The molecule has 0 aromatic heterocycles. The van der Waals surface area contributed by atoms with Crippen molar-refractivity contribution in [1.29, 1.82) is 0 Å². The van der Waals surface area contributed by atoms with Crippen molar-refractivity contribution in [2.45, 2.75) is 40.0 Å². The fourth-order valence-corrected chi connectivity index (χ4v) is 1.26. The molecule has 1 atom stereocenters. The van der Waals surface area contributed by atoms with E-state index >= 15 is 0 Å². The molecule has 0 bridgehead atoms. The number of carbonyl (C=O) groups is 2. The van der Waals surface area contributed by atoms with E-state index in [0.717, 1.165) is 6.42 Å². The average Bonchev–Trinajstić information content (AvgIpc) is 1.97. The Hall–Kier alpha value is -0.860. The number of carboxylic acids is 1. The Bertz CT molecular complexity index is 185. The van der Waals surface area contributed by atoms with Gasteiger partial charge in [0, 0.05) is 6.42 Å². The van der Waals surface area contributed by atoms with Gasteiger partial charge in [0.25, 0.3) is 0 Å². The van der Waals surface area contributed by atoms with Crippen LogP contribution in [0.25, 0.3) is 0 Å². The van der Waals surface area contributed by atoms with Gasteiger partial charge in [-0.2, -0.15) is 0 Å². The van der Waals surface area contributed by atoms with E-state index in [-0.39, 0.29) is 11.7 Å². The Labute approximate surface area is 79.1 Å². The largest absolute Gasteiger partial charge is 0.481 e. The molecule has 3 nitrogen and oxygen atoms in total. The highest BCUT2D eigenvalue weighted by atomic mass is 16.4. The molecule has 0 aliphatic carbocycles. The first-order valence-electron chi connectivity index (χ1n) is 4.74. The molecule has 0 aliphatic rings. The third-order valence-electron chi connectivity index (χ3n) is 1.87. The number of hydrogen-bond donors (Lipinski definition) is 1. The van der Waals surface area contributed by atoms with Crippen LogP contribution in [0.3, 0.4) is 0 Å². The summed E-state index contributed by atoms with van der Waals surface area (Å²) in [6.45, 7) is 5.73. The number of carboxylic acid groups (broad SMARTS) is 1. The SMILES string of the molecule is CCCC(C(=O)O)C(=O)CC(C)C. The maximum Gasteiger partial charge on any atom is 0.314 e. The molecule has 0 rings (SSSR count). The van der Waals surface area contributed by atoms with Gasteiger partial charge in [-0.05, 0) is 12.3 Å². The first-order chi connectivity index (χ1) is 5.99. The fraction of sp³-hybridized carbons (Fsp3) is 0.800. The lowest BCUT2D eigenvalue weighted by molar-refractivity contribution is -0.146. The molecule has 0 amide bonds. The van der Waals surface area contributed by atoms with E-state index in [1.165, 1.54) is 0 Å². The fourth-order valence-electron chi connectivity index (χ4n) is 1.26. The molecule has 13 heavy (non-hydrogen) atoms. The normalized spacial score (nSPS) is 12.9. The van der Waals surface area contributed by atoms with Crippen LogP contribution < -0.4 is 0 Å². The summed E-state index contributed by atoms with van der Waals surface area (Å²) in [4.78, 5) is 22.1. The van der Waals surface area contributed by atoms with E-state index < -0.39 is 11.9 Å². The second-order valence-corrected chi connectivity index (χ2v) is 3.74. The van der Waals surface area contributed by atoms with Crippen molar-refractivity contribution in [1.82, 2.24) is 0 Å². The van der Waals surface area contributed by atoms with Crippen molar-refractivity contribution in [3.05, 3.63) is 0 Å². The first-order valence-corrected chi connectivity index (χ1v) is 4.74. The predicted octanol–water partition coefficient (Wildman–Crippen LogP) is 2.10. The number of rotatable bonds is 6. The van der Waals surface area contributed by atoms with Gasteiger partial charge in [-0.25, -0.2) is 0 Å². The summed E-state index contributed by atoms with van der Waals surface area (Å²) >= 11 is 0. The van der Waals surface area contributed by atoms with Gasteiger partial charge in [0.05, 0.1) is 0 Å². The van der Waals surface area contributed by atoms with Crippen molar-refractivity contribution in [2.75, 3.05) is 0 Å². The minimum Gasteiger partial charge on any atom is -0.481 e. The highest BCUT2D eigenvalue weighted by molar-refractivity contribution is 5.98. The van der Waals surface area contributed by atoms with Gasteiger partial charge in [0.1, 0.15) is 11.7 Å². The van der Waals surface area contributed by atoms with E-state index in [1.807, 2.05) is 20.8 Å². The van der Waals surface area contributed by atoms with Crippen LogP contribution in [0.4, 0.5) is 0 Å². The third kappa shape index (κ3) is 4.65. The zero-order chi connectivity index (χ0) is 10.4. The monoisotopic (exact) mass is 186 g/mol. The van der Waals surface area contributed by atoms with Crippen molar-refractivity contribution >= 4 is 11.8 Å². The maximum absolute atomic E-state index is 11.4. The number of ketones is 1. The van der Waals surface area contributed by atoms with E-state index in [2.05, 4.69) is 0 Å². The molecule has 0 saturated carbocycles. The Balaban J connectivity index is 4.20. The Morgan fingerprint density at radius 3 is 2.15 bits per heavy atom. The number of hydrogen-bond acceptors (Lipinski definition) is 2. The molecular formula is C10H18O3. The van der Waals surface area contributed by atoms with Crippen LogP contribution in [0.1, 0.15) is 40.0 Å². The standard InChI is InChI=1S/C10H18O3/c1-4-5-8(10(12)13)9(11)6-7(2)3/h7-8H,4-6H2,1-3H3,(H,12,13). The van der Waals surface area contributed by atoms with E-state index in [1.54, 1.807) is 0 Å². The molecule has 0 aromatic rings. The maximum atomic E-state index is 11.4. The molecule has 0 spiro atoms. The van der Waals surface area contributed by atoms with Gasteiger partial charge in [-0.3, -0.25) is 9.59 Å². The summed E-state index contributed by atoms with van der Waals surface area (Å²) in [5, 5.41) is 8.77. The summed E-state index contributed by atoms with van der Waals surface area (Å²) in [7, 11) is 0. The lowest BCUT2D eigenvalue weighted by Gasteiger charge is -2.11. The van der Waals surface area contributed by atoms with Gasteiger partial charge in [-0.1, -0.05) is 27.2 Å². The minimum absolute atomic E-state index is 0.135. The lowest BCUT2D eigenvalue weighted by Crippen LogP contribution is -2.24. The van der Waals surface area contributed by atoms with Crippen molar-refractivity contribution in [3.63, 3.8) is 0 Å². The Kier molecular flexibility index (Phi) is 5.35. The topological polar surface area (TPSA) is 54.4 Å². The molecule has 76 valence electrons. The van der Waals surface area contributed by atoms with Crippen LogP contribution in [0, 0.1) is 11.8 Å². The first kappa shape index (κ1) is 12.1. The third-order valence-corrected chi connectivity index (χ3v) is 1.87. The summed E-state index contributed by atoms with van der Waals surface area (Å²) in [6, 6.07) is 0. The summed E-state index contributed by atoms with van der Waals surface area (Å²) in [5.41, 5.74) is 0. The van der Waals surface area contributed by atoms with Gasteiger partial charge >= 0.3 is 5.97 Å². The van der Waals surface area contributed by atoms with Crippen molar-refractivity contribution in [2.24, 2.45) is 11.8 Å². The molecule has 1 N–H and O–H groups in total. The van der Waals surface area contributed by atoms with E-state index in [9.17, 15) is 9.59 Å². The Morgan fingerprint density at radius 2 is 1.85 bits per heavy atom. The van der Waals surface area contributed by atoms with E-state index in [4.69, 9.17) is 5.11 Å². The molecule has 0 aliphatic heterocycles. The van der Waals surface area contributed by atoms with Gasteiger partial charge in [-0.15, -0.1) is 0 Å². The van der Waals surface area contributed by atoms with Crippen molar-refractivity contribution < 1.29 is 14.7 Å². The Morgan fingerprint density at radius 1 is 1.31 bits per heavy atom. The zero-order valence-electron chi connectivity index (χ0n) is 8.54. The molecule has 0 heterocycles. The summed E-state index contributed by atoms with van der Waals surface area (Å²) in [6.07, 6.45) is 1.57. The van der Waals surface area contributed by atoms with Crippen LogP contribution in [0.5, 0.6) is 0 Å². The van der Waals surface area contributed by atoms with E-state index in [0.29, 0.717) is 12.8 Å². The zero-order valence-corrected chi connectivity index (χ0v) is 8.54. The quantitative estimate of drug-likeness (QED) is 0.646. The number of carbonyl (C=O) groups excluding carboxylic acids is 1. The molecular weight excluding hydrogens is 168 g/mol. The van der Waals surface area contributed by atoms with Gasteiger partial charge in [0.2, 0.25) is 0 Å². The summed E-state index contributed by atoms with van der Waals surface area (Å²) < 4.78 is 0. The second kappa shape index (κ2) is 5.73. The molecule has 0 radical (unpaired) electrons. The van der Waals surface area contributed by atoms with Crippen LogP contribution in [0.2, 0.25) is 0 Å². The van der Waals surface area contributed by atoms with Crippen LogP contribution in [-0.2, 0) is 9.59 Å². The average molecular weight is 186 g/mol. The molecule has 0 saturated heterocycles. The van der Waals surface area contributed by atoms with Crippen LogP contribution >= 0.6 is 0 Å². The molecule has 0 aromatic carbocycles. The second-order valence-electron chi connectivity index (χ2n) is 3.74. The predicted molar refractivity (Wildman–Crippen MR) is 50.5 cm³/mol. The molecule has 1 unspecified atom stereocenters. The van der Waals surface area contributed by atoms with Crippen LogP contribution in [0.15, 0.2) is 0 Å². The van der Waals surface area contributed by atoms with Crippen LogP contribution in [-0.4, -0.2) is 16.9 Å². The van der Waals surface area contributed by atoms with Gasteiger partial charge in [0.15, 0.2) is 0 Å². The van der Waals surface area contributed by atoms with Crippen molar-refractivity contribution in [3.8, 4) is 0 Å². The lowest BCUT2D eigenvalue weighted by atomic mass is 9.93. The minimum atomic E-state index is -0.979. The number of Topliss-reactive ketones (excluding diaryl/α,β-unsaturated/α-hetero) is 1. The van der Waals surface area contributed by atoms with Gasteiger partial charge < -0.3 is 5.11 Å². The highest BCUT2D eigenvalue weighted by Crippen LogP contribution is 2.13. The highest BCUT2D eigenvalue weighted by Gasteiger charge is 2.24. The number of aliphatic carboxylic acids is 1. The smallest absolute Gasteiger partial charge is 0.314 e. The summed E-state index contributed by atoms with van der Waals surface area (Å²) in [5.74, 6) is -1.66. The molecule has 3 heteroatoms.